The molecule has 6 heteroatoms. The smallest absolute Gasteiger partial charge is 0.271 e. The van der Waals surface area contributed by atoms with Crippen molar-refractivity contribution >= 4 is 11.7 Å². The summed E-state index contributed by atoms with van der Waals surface area (Å²) in [6, 6.07) is 12.1. The Morgan fingerprint density at radius 2 is 1.96 bits per heavy atom. The van der Waals surface area contributed by atoms with Gasteiger partial charge in [-0.1, -0.05) is 24.3 Å². The lowest BCUT2D eigenvalue weighted by Gasteiger charge is -2.29. The van der Waals surface area contributed by atoms with Crippen molar-refractivity contribution in [1.82, 2.24) is 20.4 Å². The van der Waals surface area contributed by atoms with Gasteiger partial charge in [0, 0.05) is 26.2 Å². The van der Waals surface area contributed by atoms with Gasteiger partial charge in [-0.15, -0.1) is 10.2 Å². The number of rotatable bonds is 5. The summed E-state index contributed by atoms with van der Waals surface area (Å²) in [4.78, 5) is 16.2. The van der Waals surface area contributed by atoms with Crippen LogP contribution < -0.4 is 10.2 Å². The zero-order valence-corrected chi connectivity index (χ0v) is 14.2. The predicted octanol–water partition coefficient (Wildman–Crippen LogP) is 1.33. The SMILES string of the molecule is CN(C)CCNC(=O)c1ccc(N2CCc3ccccc3C2)nn1. The van der Waals surface area contributed by atoms with Crippen LogP contribution in [0, 0.1) is 0 Å². The van der Waals surface area contributed by atoms with Gasteiger partial charge in [0.25, 0.3) is 5.91 Å². The van der Waals surface area contributed by atoms with Gasteiger partial charge in [0.15, 0.2) is 11.5 Å². The lowest BCUT2D eigenvalue weighted by Crippen LogP contribution is -2.33. The van der Waals surface area contributed by atoms with E-state index in [2.05, 4.69) is 44.7 Å². The van der Waals surface area contributed by atoms with E-state index in [1.54, 1.807) is 6.07 Å². The first-order valence-corrected chi connectivity index (χ1v) is 8.22. The van der Waals surface area contributed by atoms with Crippen molar-refractivity contribution < 1.29 is 4.79 Å². The number of nitrogens with one attached hydrogen (secondary N) is 1. The maximum Gasteiger partial charge on any atom is 0.271 e. The van der Waals surface area contributed by atoms with Crippen LogP contribution in [0.2, 0.25) is 0 Å². The Labute approximate surface area is 142 Å². The molecule has 1 amide bonds. The molecule has 0 atom stereocenters. The summed E-state index contributed by atoms with van der Waals surface area (Å²) in [6.07, 6.45) is 1.00. The van der Waals surface area contributed by atoms with Gasteiger partial charge >= 0.3 is 0 Å². The van der Waals surface area contributed by atoms with Gasteiger partial charge in [0.2, 0.25) is 0 Å². The monoisotopic (exact) mass is 325 g/mol. The number of likely N-dealkylation sites (N-methyl/N-ethyl adjacent to an activating group) is 1. The van der Waals surface area contributed by atoms with Gasteiger partial charge in [-0.25, -0.2) is 0 Å². The van der Waals surface area contributed by atoms with E-state index >= 15 is 0 Å². The molecule has 1 aliphatic heterocycles. The third kappa shape index (κ3) is 3.89. The quantitative estimate of drug-likeness (QED) is 0.899. The largest absolute Gasteiger partial charge is 0.350 e. The molecule has 0 saturated heterocycles. The van der Waals surface area contributed by atoms with Crippen LogP contribution in [0.15, 0.2) is 36.4 Å². The van der Waals surface area contributed by atoms with Gasteiger partial charge in [-0.3, -0.25) is 4.79 Å². The molecule has 24 heavy (non-hydrogen) atoms. The Morgan fingerprint density at radius 3 is 2.67 bits per heavy atom. The molecule has 1 aromatic heterocycles. The highest BCUT2D eigenvalue weighted by Gasteiger charge is 2.18. The van der Waals surface area contributed by atoms with E-state index in [0.717, 1.165) is 31.9 Å². The molecule has 2 aromatic rings. The van der Waals surface area contributed by atoms with Gasteiger partial charge in [-0.2, -0.15) is 0 Å². The van der Waals surface area contributed by atoms with E-state index < -0.39 is 0 Å². The fourth-order valence-electron chi connectivity index (χ4n) is 2.79. The highest BCUT2D eigenvalue weighted by Crippen LogP contribution is 2.22. The topological polar surface area (TPSA) is 61.4 Å². The van der Waals surface area contributed by atoms with Crippen LogP contribution >= 0.6 is 0 Å². The Kier molecular flexibility index (Phi) is 5.05. The van der Waals surface area contributed by atoms with Gasteiger partial charge < -0.3 is 15.1 Å². The third-order valence-corrected chi connectivity index (χ3v) is 4.18. The molecular weight excluding hydrogens is 302 g/mol. The summed E-state index contributed by atoms with van der Waals surface area (Å²) in [5.74, 6) is 0.634. The van der Waals surface area contributed by atoms with Crippen LogP contribution in [-0.2, 0) is 13.0 Å². The Hall–Kier alpha value is -2.47. The average Bonchev–Trinajstić information content (AvgIpc) is 2.61. The van der Waals surface area contributed by atoms with Gasteiger partial charge in [0.05, 0.1) is 0 Å². The van der Waals surface area contributed by atoms with E-state index in [1.807, 2.05) is 25.1 Å². The van der Waals surface area contributed by atoms with Crippen LogP contribution in [-0.4, -0.2) is 54.7 Å². The molecule has 3 rings (SSSR count). The first-order chi connectivity index (χ1) is 11.6. The van der Waals surface area contributed by atoms with E-state index in [9.17, 15) is 4.79 Å². The standard InChI is InChI=1S/C18H23N5O/c1-22(2)12-10-19-18(24)16-7-8-17(21-20-16)23-11-9-14-5-3-4-6-15(14)13-23/h3-8H,9-13H2,1-2H3,(H,19,24). The number of anilines is 1. The zero-order chi connectivity index (χ0) is 16.9. The second kappa shape index (κ2) is 7.40. The second-order valence-corrected chi connectivity index (χ2v) is 6.28. The number of benzene rings is 1. The molecular formula is C18H23N5O. The summed E-state index contributed by atoms with van der Waals surface area (Å²) in [5, 5.41) is 11.2. The predicted molar refractivity (Wildman–Crippen MR) is 94.1 cm³/mol. The fraction of sp³-hybridized carbons (Fsp3) is 0.389. The Morgan fingerprint density at radius 1 is 1.17 bits per heavy atom. The Balaban J connectivity index is 1.62. The van der Waals surface area contributed by atoms with Crippen molar-refractivity contribution in [2.75, 3.05) is 38.6 Å². The average molecular weight is 325 g/mol. The summed E-state index contributed by atoms with van der Waals surface area (Å²) < 4.78 is 0. The molecule has 0 aliphatic carbocycles. The van der Waals surface area contributed by atoms with Crippen molar-refractivity contribution in [2.45, 2.75) is 13.0 Å². The Bertz CT molecular complexity index is 699. The highest BCUT2D eigenvalue weighted by molar-refractivity contribution is 5.92. The van der Waals surface area contributed by atoms with Gasteiger partial charge in [-0.05, 0) is 43.8 Å². The van der Waals surface area contributed by atoms with Crippen LogP contribution in [0.3, 0.4) is 0 Å². The number of carbonyl (C=O) groups excluding carboxylic acids is 1. The lowest BCUT2D eigenvalue weighted by atomic mass is 10.00. The molecule has 0 spiro atoms. The number of carbonyl (C=O) groups is 1. The number of nitrogens with zero attached hydrogens (tertiary/aromatic N) is 4. The summed E-state index contributed by atoms with van der Waals surface area (Å²) in [7, 11) is 3.94. The van der Waals surface area contributed by atoms with Crippen LogP contribution in [0.25, 0.3) is 0 Å². The molecule has 1 aromatic carbocycles. The fourth-order valence-corrected chi connectivity index (χ4v) is 2.79. The molecule has 0 unspecified atom stereocenters. The van der Waals surface area contributed by atoms with Crippen molar-refractivity contribution in [3.63, 3.8) is 0 Å². The molecule has 126 valence electrons. The molecule has 6 nitrogen and oxygen atoms in total. The van der Waals surface area contributed by atoms with Crippen LogP contribution in [0.4, 0.5) is 5.82 Å². The molecule has 2 heterocycles. The number of hydrogen-bond donors (Lipinski definition) is 1. The maximum atomic E-state index is 12.0. The number of hydrogen-bond acceptors (Lipinski definition) is 5. The molecule has 1 aliphatic rings. The van der Waals surface area contributed by atoms with E-state index in [4.69, 9.17) is 0 Å². The third-order valence-electron chi connectivity index (χ3n) is 4.18. The molecule has 0 bridgehead atoms. The first-order valence-electron chi connectivity index (χ1n) is 8.22. The van der Waals surface area contributed by atoms with Crippen molar-refractivity contribution in [3.05, 3.63) is 53.2 Å². The van der Waals surface area contributed by atoms with E-state index in [1.165, 1.54) is 11.1 Å². The molecule has 1 N–H and O–H groups in total. The van der Waals surface area contributed by atoms with Crippen LogP contribution in [0.1, 0.15) is 21.6 Å². The highest BCUT2D eigenvalue weighted by atomic mass is 16.1. The number of amides is 1. The normalized spacial score (nSPS) is 13.7. The minimum absolute atomic E-state index is 0.181. The van der Waals surface area contributed by atoms with Crippen molar-refractivity contribution in [3.8, 4) is 0 Å². The summed E-state index contributed by atoms with van der Waals surface area (Å²) >= 11 is 0. The lowest BCUT2D eigenvalue weighted by molar-refractivity contribution is 0.0945. The molecule has 0 fully saturated rings. The maximum absolute atomic E-state index is 12.0. The minimum atomic E-state index is -0.181. The molecule has 0 saturated carbocycles. The molecule has 0 radical (unpaired) electrons. The van der Waals surface area contributed by atoms with E-state index in [0.29, 0.717) is 12.2 Å². The summed E-state index contributed by atoms with van der Waals surface area (Å²) in [6.45, 7) is 3.14. The zero-order valence-electron chi connectivity index (χ0n) is 14.2. The number of fused-ring (bicyclic) bond motifs is 1. The number of aromatic nitrogens is 2. The first kappa shape index (κ1) is 16.4. The van der Waals surface area contributed by atoms with E-state index in [-0.39, 0.29) is 5.91 Å². The van der Waals surface area contributed by atoms with Crippen molar-refractivity contribution in [1.29, 1.82) is 0 Å². The van der Waals surface area contributed by atoms with Crippen molar-refractivity contribution in [2.24, 2.45) is 0 Å². The second-order valence-electron chi connectivity index (χ2n) is 6.28. The summed E-state index contributed by atoms with van der Waals surface area (Å²) in [5.41, 5.74) is 3.09. The van der Waals surface area contributed by atoms with Gasteiger partial charge in [0.1, 0.15) is 0 Å². The minimum Gasteiger partial charge on any atom is -0.350 e. The van der Waals surface area contributed by atoms with Crippen LogP contribution in [0.5, 0.6) is 0 Å².